The predicted octanol–water partition coefficient (Wildman–Crippen LogP) is 3.07. The van der Waals surface area contributed by atoms with E-state index in [1.807, 2.05) is 0 Å². The van der Waals surface area contributed by atoms with E-state index in [0.29, 0.717) is 11.3 Å². The first-order chi connectivity index (χ1) is 15.2. The van der Waals surface area contributed by atoms with Crippen LogP contribution in [-0.2, 0) is 10.1 Å². The Morgan fingerprint density at radius 3 is 2.18 bits per heavy atom. The van der Waals surface area contributed by atoms with Crippen LogP contribution < -0.4 is 9.92 Å². The van der Waals surface area contributed by atoms with Crippen molar-refractivity contribution in [2.45, 2.75) is 12.4 Å². The van der Waals surface area contributed by atoms with E-state index in [4.69, 9.17) is 15.9 Å². The fourth-order valence-corrected chi connectivity index (χ4v) is 2.73. The second kappa shape index (κ2) is 9.60. The number of carboxylic acids is 2. The number of alkyl halides is 3. The molecule has 0 unspecified atom stereocenters. The average Bonchev–Trinajstić information content (AvgIpc) is 3.17. The van der Waals surface area contributed by atoms with Crippen LogP contribution >= 0.6 is 0 Å². The highest BCUT2D eigenvalue weighted by Gasteiger charge is 2.49. The Kier molecular flexibility index (Phi) is 7.33. The number of aromatic carboxylic acids is 2. The highest BCUT2D eigenvalue weighted by molar-refractivity contribution is 7.87. The summed E-state index contributed by atoms with van der Waals surface area (Å²) in [6.07, 6.45) is 1.29. The molecule has 0 fully saturated rings. The van der Waals surface area contributed by atoms with Crippen LogP contribution in [0.3, 0.4) is 0 Å². The second-order valence-electron chi connectivity index (χ2n) is 6.27. The molecule has 0 atom stereocenters. The Hall–Kier alpha value is -4.07. The number of carboxylic acid groups (broad SMARTS) is 2. The van der Waals surface area contributed by atoms with E-state index in [9.17, 15) is 31.2 Å². The Bertz CT molecular complexity index is 1270. The summed E-state index contributed by atoms with van der Waals surface area (Å²) in [7, 11) is -5.70. The van der Waals surface area contributed by atoms with Crippen molar-refractivity contribution in [2.24, 2.45) is 0 Å². The number of aromatic nitrogens is 2. The van der Waals surface area contributed by atoms with Crippen molar-refractivity contribution in [3.63, 3.8) is 0 Å². The smallest absolute Gasteiger partial charge is 0.478 e. The summed E-state index contributed by atoms with van der Waals surface area (Å²) in [5.74, 6) is -3.03. The van der Waals surface area contributed by atoms with Gasteiger partial charge in [-0.15, -0.1) is 5.10 Å². The van der Waals surface area contributed by atoms with E-state index in [-0.39, 0.29) is 16.8 Å². The molecule has 0 aliphatic rings. The minimum absolute atomic E-state index is 0.0811. The molecule has 10 nitrogen and oxygen atoms in total. The van der Waals surface area contributed by atoms with E-state index in [1.165, 1.54) is 23.9 Å². The maximum absolute atomic E-state index is 12.1. The van der Waals surface area contributed by atoms with Crippen molar-refractivity contribution in [3.8, 4) is 11.6 Å². The lowest BCUT2D eigenvalue weighted by molar-refractivity contribution is -0.0501. The number of para-hydroxylation sites is 1. The SMILES string of the molecule is Cc1c(N)cc(C(=O)O)cc1C(=O)O.O=S(=O)(Oc1ccn(-c2ccccc2)n1)C(F)(F)F. The van der Waals surface area contributed by atoms with Gasteiger partial charge in [0, 0.05) is 18.0 Å². The standard InChI is InChI=1S/C10H7F3N2O3S.C9H9NO4/c11-10(12,13)19(16,17)18-9-6-7-15(14-9)8-4-2-1-3-5-8;1-4-6(9(13)14)2-5(8(11)12)3-7(4)10/h1-7H;2-3H,10H2,1H3,(H,11,12)(H,13,14). The zero-order valence-electron chi connectivity index (χ0n) is 16.6. The summed E-state index contributed by atoms with van der Waals surface area (Å²) in [6, 6.07) is 11.8. The van der Waals surface area contributed by atoms with Gasteiger partial charge in [0.25, 0.3) is 5.88 Å². The molecule has 14 heteroatoms. The van der Waals surface area contributed by atoms with Gasteiger partial charge in [-0.05, 0) is 36.8 Å². The predicted molar refractivity (Wildman–Crippen MR) is 109 cm³/mol. The number of hydrogen-bond acceptors (Lipinski definition) is 7. The van der Waals surface area contributed by atoms with Crippen molar-refractivity contribution < 1.29 is 45.6 Å². The van der Waals surface area contributed by atoms with Crippen molar-refractivity contribution >= 4 is 27.7 Å². The van der Waals surface area contributed by atoms with Gasteiger partial charge in [-0.1, -0.05) is 18.2 Å². The van der Waals surface area contributed by atoms with Gasteiger partial charge in [0.05, 0.1) is 16.8 Å². The molecule has 3 rings (SSSR count). The van der Waals surface area contributed by atoms with E-state index in [2.05, 4.69) is 9.28 Å². The lowest BCUT2D eigenvalue weighted by Crippen LogP contribution is -2.28. The summed E-state index contributed by atoms with van der Waals surface area (Å²) >= 11 is 0. The fraction of sp³-hybridized carbons (Fsp3) is 0.105. The summed E-state index contributed by atoms with van der Waals surface area (Å²) in [4.78, 5) is 21.3. The molecular formula is C19H16F3N3O7S. The number of rotatable bonds is 5. The summed E-state index contributed by atoms with van der Waals surface area (Å²) in [5, 5.41) is 21.0. The number of halogens is 3. The van der Waals surface area contributed by atoms with Gasteiger partial charge in [-0.3, -0.25) is 0 Å². The van der Waals surface area contributed by atoms with E-state index < -0.39 is 33.4 Å². The number of hydrogen-bond donors (Lipinski definition) is 3. The van der Waals surface area contributed by atoms with Gasteiger partial charge in [0.1, 0.15) is 0 Å². The second-order valence-corrected chi connectivity index (χ2v) is 7.80. The number of benzene rings is 2. The van der Waals surface area contributed by atoms with Crippen LogP contribution in [0.1, 0.15) is 26.3 Å². The van der Waals surface area contributed by atoms with Crippen molar-refractivity contribution in [3.05, 3.63) is 71.4 Å². The van der Waals surface area contributed by atoms with E-state index in [1.54, 1.807) is 30.3 Å². The molecule has 0 bridgehead atoms. The molecule has 1 heterocycles. The third-order valence-electron chi connectivity index (χ3n) is 3.99. The Balaban J connectivity index is 0.000000245. The summed E-state index contributed by atoms with van der Waals surface area (Å²) < 4.78 is 62.9. The van der Waals surface area contributed by atoms with Gasteiger partial charge >= 0.3 is 27.6 Å². The minimum atomic E-state index is -5.70. The van der Waals surface area contributed by atoms with Gasteiger partial charge in [-0.2, -0.15) is 21.6 Å². The molecule has 4 N–H and O–H groups in total. The highest BCUT2D eigenvalue weighted by Crippen LogP contribution is 2.26. The molecule has 0 aliphatic carbocycles. The number of carbonyl (C=O) groups is 2. The summed E-state index contributed by atoms with van der Waals surface area (Å²) in [5.41, 5.74) is 0.890. The van der Waals surface area contributed by atoms with Crippen LogP contribution in [-0.4, -0.2) is 45.9 Å². The lowest BCUT2D eigenvalue weighted by atomic mass is 10.0. The fourth-order valence-electron chi connectivity index (χ4n) is 2.32. The van der Waals surface area contributed by atoms with Crippen LogP contribution in [0.4, 0.5) is 18.9 Å². The number of anilines is 1. The van der Waals surface area contributed by atoms with E-state index in [0.717, 1.165) is 12.1 Å². The first-order valence-electron chi connectivity index (χ1n) is 8.71. The van der Waals surface area contributed by atoms with Gasteiger partial charge < -0.3 is 20.1 Å². The maximum Gasteiger partial charge on any atom is 0.534 e. The molecule has 176 valence electrons. The summed E-state index contributed by atoms with van der Waals surface area (Å²) in [6.45, 7) is 1.53. The Morgan fingerprint density at radius 1 is 1.06 bits per heavy atom. The van der Waals surface area contributed by atoms with Crippen LogP contribution in [0.5, 0.6) is 5.88 Å². The molecular weight excluding hydrogens is 471 g/mol. The normalized spacial score (nSPS) is 11.3. The van der Waals surface area contributed by atoms with Crippen LogP contribution in [0.15, 0.2) is 54.7 Å². The third kappa shape index (κ3) is 6.22. The van der Waals surface area contributed by atoms with Crippen molar-refractivity contribution in [1.82, 2.24) is 9.78 Å². The van der Waals surface area contributed by atoms with Gasteiger partial charge in [-0.25, -0.2) is 14.3 Å². The molecule has 3 aromatic rings. The topological polar surface area (TPSA) is 162 Å². The molecule has 0 radical (unpaired) electrons. The maximum atomic E-state index is 12.1. The third-order valence-corrected chi connectivity index (χ3v) is 4.95. The Morgan fingerprint density at radius 2 is 1.67 bits per heavy atom. The quantitative estimate of drug-likeness (QED) is 0.279. The van der Waals surface area contributed by atoms with Crippen LogP contribution in [0, 0.1) is 6.92 Å². The van der Waals surface area contributed by atoms with Crippen LogP contribution in [0.25, 0.3) is 5.69 Å². The minimum Gasteiger partial charge on any atom is -0.478 e. The first-order valence-corrected chi connectivity index (χ1v) is 10.1. The molecule has 0 saturated heterocycles. The zero-order chi connectivity index (χ0) is 25.0. The van der Waals surface area contributed by atoms with Gasteiger partial charge in [0.15, 0.2) is 0 Å². The van der Waals surface area contributed by atoms with E-state index >= 15 is 0 Å². The van der Waals surface area contributed by atoms with Crippen molar-refractivity contribution in [1.29, 1.82) is 0 Å². The largest absolute Gasteiger partial charge is 0.534 e. The average molecular weight is 487 g/mol. The molecule has 0 saturated carbocycles. The van der Waals surface area contributed by atoms with Crippen molar-refractivity contribution in [2.75, 3.05) is 5.73 Å². The molecule has 0 spiro atoms. The zero-order valence-corrected chi connectivity index (χ0v) is 17.5. The molecule has 0 amide bonds. The Labute approximate surface area is 184 Å². The van der Waals surface area contributed by atoms with Crippen LogP contribution in [0.2, 0.25) is 0 Å². The lowest BCUT2D eigenvalue weighted by Gasteiger charge is -2.06. The number of nitrogens with two attached hydrogens (primary N) is 1. The monoisotopic (exact) mass is 487 g/mol. The number of nitrogens with zero attached hydrogens (tertiary/aromatic N) is 2. The molecule has 0 aliphatic heterocycles. The first kappa shape index (κ1) is 25.2. The molecule has 2 aromatic carbocycles. The highest BCUT2D eigenvalue weighted by atomic mass is 32.2. The molecule has 33 heavy (non-hydrogen) atoms. The number of nitrogen functional groups attached to an aromatic ring is 1. The van der Waals surface area contributed by atoms with Gasteiger partial charge in [0.2, 0.25) is 0 Å². The molecule has 1 aromatic heterocycles.